The molecule has 0 saturated carbocycles. The molecule has 0 aliphatic carbocycles. The van der Waals surface area contributed by atoms with E-state index in [2.05, 4.69) is 20.0 Å². The monoisotopic (exact) mass is 437 g/mol. The van der Waals surface area contributed by atoms with Crippen LogP contribution < -0.4 is 10.0 Å². The largest absolute Gasteiger partial charge is 0.322 e. The zero-order chi connectivity index (χ0) is 21.8. The average molecular weight is 437 g/mol. The normalized spacial score (nSPS) is 11.1. The molecule has 0 radical (unpaired) electrons. The molecule has 0 spiro atoms. The SMILES string of the molecule is O=C(Nc1ccc(S(=O)(=O)Nc2ncccn2)cc1)c1ccc(-n2cccc2)c(F)c1. The lowest BCUT2D eigenvalue weighted by Gasteiger charge is -2.10. The van der Waals surface area contributed by atoms with Crippen LogP contribution in [0.25, 0.3) is 5.69 Å². The minimum atomic E-state index is -3.88. The summed E-state index contributed by atoms with van der Waals surface area (Å²) in [5, 5.41) is 2.62. The Morgan fingerprint density at radius 1 is 0.935 bits per heavy atom. The van der Waals surface area contributed by atoms with E-state index in [1.807, 2.05) is 0 Å². The lowest BCUT2D eigenvalue weighted by molar-refractivity contribution is 0.102. The van der Waals surface area contributed by atoms with Gasteiger partial charge in [-0.3, -0.25) is 4.79 Å². The van der Waals surface area contributed by atoms with Gasteiger partial charge in [-0.05, 0) is 60.7 Å². The number of halogens is 1. The van der Waals surface area contributed by atoms with E-state index in [1.165, 1.54) is 48.8 Å². The molecule has 0 fully saturated rings. The Balaban J connectivity index is 1.46. The molecule has 156 valence electrons. The van der Waals surface area contributed by atoms with Gasteiger partial charge in [-0.15, -0.1) is 0 Å². The first kappa shape index (κ1) is 20.2. The third-order valence-corrected chi connectivity index (χ3v) is 5.65. The molecule has 0 atom stereocenters. The quantitative estimate of drug-likeness (QED) is 0.481. The zero-order valence-corrected chi connectivity index (χ0v) is 16.8. The Bertz CT molecular complexity index is 1310. The van der Waals surface area contributed by atoms with Crippen LogP contribution in [0.3, 0.4) is 0 Å². The fourth-order valence-electron chi connectivity index (χ4n) is 2.80. The van der Waals surface area contributed by atoms with Crippen molar-refractivity contribution in [3.63, 3.8) is 0 Å². The first-order valence-corrected chi connectivity index (χ1v) is 10.5. The van der Waals surface area contributed by atoms with Crippen molar-refractivity contribution in [3.05, 3.63) is 96.8 Å². The number of aromatic nitrogens is 3. The van der Waals surface area contributed by atoms with Crippen LogP contribution >= 0.6 is 0 Å². The van der Waals surface area contributed by atoms with Crippen LogP contribution in [0.5, 0.6) is 0 Å². The van der Waals surface area contributed by atoms with Crippen LogP contribution in [0.4, 0.5) is 16.0 Å². The summed E-state index contributed by atoms with van der Waals surface area (Å²) in [4.78, 5) is 20.1. The zero-order valence-electron chi connectivity index (χ0n) is 15.9. The van der Waals surface area contributed by atoms with E-state index >= 15 is 0 Å². The number of nitrogens with zero attached hydrogens (tertiary/aromatic N) is 3. The van der Waals surface area contributed by atoms with Crippen molar-refractivity contribution >= 4 is 27.6 Å². The number of anilines is 2. The number of nitrogens with one attached hydrogen (secondary N) is 2. The van der Waals surface area contributed by atoms with Crippen LogP contribution in [0.15, 0.2) is 90.3 Å². The molecule has 0 aliphatic rings. The van der Waals surface area contributed by atoms with Gasteiger partial charge in [0.05, 0.1) is 10.6 Å². The van der Waals surface area contributed by atoms with Crippen molar-refractivity contribution in [1.82, 2.24) is 14.5 Å². The van der Waals surface area contributed by atoms with Gasteiger partial charge in [-0.1, -0.05) is 0 Å². The molecule has 0 aliphatic heterocycles. The molecular weight excluding hydrogens is 421 g/mol. The summed E-state index contributed by atoms with van der Waals surface area (Å²) in [6.07, 6.45) is 6.23. The second kappa shape index (κ2) is 8.36. The average Bonchev–Trinajstić information content (AvgIpc) is 3.29. The lowest BCUT2D eigenvalue weighted by Crippen LogP contribution is -2.15. The summed E-state index contributed by atoms with van der Waals surface area (Å²) in [6, 6.07) is 14.8. The standard InChI is InChI=1S/C21H16FN5O3S/c22-18-14-15(4-9-19(18)27-12-1-2-13-27)20(28)25-16-5-7-17(8-6-16)31(29,30)26-21-23-10-3-11-24-21/h1-14H,(H,25,28)(H,23,24,26). The Kier molecular flexibility index (Phi) is 5.46. The van der Waals surface area contributed by atoms with Gasteiger partial charge in [-0.2, -0.15) is 0 Å². The third kappa shape index (κ3) is 4.59. The highest BCUT2D eigenvalue weighted by Crippen LogP contribution is 2.19. The second-order valence-electron chi connectivity index (χ2n) is 6.41. The number of carbonyl (C=O) groups excluding carboxylic acids is 1. The first-order valence-electron chi connectivity index (χ1n) is 9.06. The highest BCUT2D eigenvalue weighted by molar-refractivity contribution is 7.92. The number of sulfonamides is 1. The Morgan fingerprint density at radius 2 is 1.61 bits per heavy atom. The van der Waals surface area contributed by atoms with Gasteiger partial charge >= 0.3 is 0 Å². The molecule has 4 aromatic rings. The minimum Gasteiger partial charge on any atom is -0.322 e. The Labute approximate surface area is 177 Å². The van der Waals surface area contributed by atoms with Crippen LogP contribution in [-0.2, 0) is 10.0 Å². The van der Waals surface area contributed by atoms with Gasteiger partial charge in [0.25, 0.3) is 15.9 Å². The number of carbonyl (C=O) groups is 1. The maximum absolute atomic E-state index is 14.4. The van der Waals surface area contributed by atoms with Crippen molar-refractivity contribution in [2.24, 2.45) is 0 Å². The third-order valence-electron chi connectivity index (χ3n) is 4.31. The van der Waals surface area contributed by atoms with Gasteiger partial charge in [0.15, 0.2) is 0 Å². The second-order valence-corrected chi connectivity index (χ2v) is 8.10. The molecule has 0 bridgehead atoms. The molecule has 2 N–H and O–H groups in total. The van der Waals surface area contributed by atoms with Gasteiger partial charge in [-0.25, -0.2) is 27.5 Å². The van der Waals surface area contributed by atoms with Crippen LogP contribution in [-0.4, -0.2) is 28.9 Å². The molecule has 4 rings (SSSR count). The molecule has 1 amide bonds. The highest BCUT2D eigenvalue weighted by atomic mass is 32.2. The molecule has 0 saturated heterocycles. The lowest BCUT2D eigenvalue weighted by atomic mass is 10.1. The number of amides is 1. The Morgan fingerprint density at radius 3 is 2.26 bits per heavy atom. The maximum Gasteiger partial charge on any atom is 0.264 e. The number of benzene rings is 2. The van der Waals surface area contributed by atoms with Crippen molar-refractivity contribution in [3.8, 4) is 5.69 Å². The van der Waals surface area contributed by atoms with Crippen LogP contribution in [0, 0.1) is 5.82 Å². The summed E-state index contributed by atoms with van der Waals surface area (Å²) in [5.41, 5.74) is 0.814. The predicted molar refractivity (Wildman–Crippen MR) is 113 cm³/mol. The fourth-order valence-corrected chi connectivity index (χ4v) is 3.76. The number of rotatable bonds is 6. The van der Waals surface area contributed by atoms with E-state index in [9.17, 15) is 17.6 Å². The van der Waals surface area contributed by atoms with Crippen molar-refractivity contribution in [1.29, 1.82) is 0 Å². The van der Waals surface area contributed by atoms with E-state index in [0.717, 1.165) is 6.07 Å². The van der Waals surface area contributed by atoms with Crippen LogP contribution in [0.2, 0.25) is 0 Å². The maximum atomic E-state index is 14.4. The topological polar surface area (TPSA) is 106 Å². The van der Waals surface area contributed by atoms with Gasteiger partial charge in [0.1, 0.15) is 5.82 Å². The molecule has 31 heavy (non-hydrogen) atoms. The fraction of sp³-hybridized carbons (Fsp3) is 0. The van der Waals surface area contributed by atoms with Crippen LogP contribution in [0.1, 0.15) is 10.4 Å². The van der Waals surface area contributed by atoms with Crippen molar-refractivity contribution in [2.75, 3.05) is 10.0 Å². The summed E-state index contributed by atoms with van der Waals surface area (Å²) in [7, 11) is -3.88. The molecule has 8 nitrogen and oxygen atoms in total. The molecule has 2 aromatic heterocycles. The van der Waals surface area contributed by atoms with E-state index in [0.29, 0.717) is 11.4 Å². The summed E-state index contributed by atoms with van der Waals surface area (Å²) in [6.45, 7) is 0. The molecule has 10 heteroatoms. The highest BCUT2D eigenvalue weighted by Gasteiger charge is 2.16. The Hall–Kier alpha value is -4.05. The van der Waals surface area contributed by atoms with E-state index in [-0.39, 0.29) is 16.4 Å². The van der Waals surface area contributed by atoms with Crippen molar-refractivity contribution < 1.29 is 17.6 Å². The van der Waals surface area contributed by atoms with E-state index < -0.39 is 21.7 Å². The summed E-state index contributed by atoms with van der Waals surface area (Å²) < 4.78 is 43.1. The summed E-state index contributed by atoms with van der Waals surface area (Å²) >= 11 is 0. The molecule has 2 heterocycles. The summed E-state index contributed by atoms with van der Waals surface area (Å²) in [5.74, 6) is -1.12. The molecule has 0 unspecified atom stereocenters. The van der Waals surface area contributed by atoms with Gasteiger partial charge in [0.2, 0.25) is 5.95 Å². The number of hydrogen-bond donors (Lipinski definition) is 2. The van der Waals surface area contributed by atoms with Gasteiger partial charge < -0.3 is 9.88 Å². The predicted octanol–water partition coefficient (Wildman–Crippen LogP) is 3.46. The number of hydrogen-bond acceptors (Lipinski definition) is 5. The van der Waals surface area contributed by atoms with E-state index in [4.69, 9.17) is 0 Å². The van der Waals surface area contributed by atoms with Gasteiger partial charge in [0, 0.05) is 36.0 Å². The van der Waals surface area contributed by atoms with Crippen molar-refractivity contribution in [2.45, 2.75) is 4.90 Å². The van der Waals surface area contributed by atoms with E-state index in [1.54, 1.807) is 35.2 Å². The molecular formula is C21H16FN5O3S. The minimum absolute atomic E-state index is 0.0277. The smallest absolute Gasteiger partial charge is 0.264 e. The first-order chi connectivity index (χ1) is 14.9. The molecule has 2 aromatic carbocycles.